The van der Waals surface area contributed by atoms with E-state index in [1.54, 1.807) is 31.4 Å². The minimum absolute atomic E-state index is 0.0471. The smallest absolute Gasteiger partial charge is 0.338 e. The first kappa shape index (κ1) is 23.3. The second-order valence-electron chi connectivity index (χ2n) is 7.54. The fourth-order valence-corrected chi connectivity index (χ4v) is 3.29. The molecule has 0 fully saturated rings. The van der Waals surface area contributed by atoms with Gasteiger partial charge in [-0.2, -0.15) is 0 Å². The van der Waals surface area contributed by atoms with Crippen LogP contribution in [0.1, 0.15) is 38.8 Å². The van der Waals surface area contributed by atoms with Crippen LogP contribution in [0.2, 0.25) is 0 Å². The summed E-state index contributed by atoms with van der Waals surface area (Å²) in [7, 11) is 1.65. The van der Waals surface area contributed by atoms with E-state index in [9.17, 15) is 9.59 Å². The Bertz CT molecular complexity index is 1100. The lowest BCUT2D eigenvalue weighted by Gasteiger charge is -2.14. The third-order valence-corrected chi connectivity index (χ3v) is 5.07. The van der Waals surface area contributed by atoms with Crippen LogP contribution in [-0.2, 0) is 9.47 Å². The van der Waals surface area contributed by atoms with Crippen LogP contribution in [0.3, 0.4) is 0 Å². The topological polar surface area (TPSA) is 71.1 Å². The molecule has 0 saturated heterocycles. The quantitative estimate of drug-likeness (QED) is 0.255. The highest BCUT2D eigenvalue weighted by Gasteiger charge is 2.10. The second-order valence-corrected chi connectivity index (χ2v) is 7.54. The number of ketones is 1. The first-order valence-corrected chi connectivity index (χ1v) is 10.5. The summed E-state index contributed by atoms with van der Waals surface area (Å²) in [4.78, 5) is 23.5. The SMILES string of the molecule is COCCOc1cc2cc(C)c(OCCOC(=O)c3ccc(C(C)=O)cc3)cc2cc1C. The van der Waals surface area contributed by atoms with E-state index in [1.165, 1.54) is 6.92 Å². The maximum absolute atomic E-state index is 12.2. The molecule has 0 spiro atoms. The van der Waals surface area contributed by atoms with Crippen LogP contribution >= 0.6 is 0 Å². The number of ether oxygens (including phenoxy) is 4. The van der Waals surface area contributed by atoms with Gasteiger partial charge in [0.1, 0.15) is 31.3 Å². The number of hydrogen-bond donors (Lipinski definition) is 0. The van der Waals surface area contributed by atoms with Crippen LogP contribution < -0.4 is 9.47 Å². The Morgan fingerprint density at radius 3 is 1.72 bits per heavy atom. The molecular weight excluding hydrogens is 408 g/mol. The Morgan fingerprint density at radius 1 is 0.719 bits per heavy atom. The number of aryl methyl sites for hydroxylation is 2. The molecule has 0 atom stereocenters. The number of carbonyl (C=O) groups is 2. The molecule has 3 aromatic carbocycles. The maximum Gasteiger partial charge on any atom is 0.338 e. The lowest BCUT2D eigenvalue weighted by atomic mass is 10.0. The van der Waals surface area contributed by atoms with Crippen LogP contribution in [-0.4, -0.2) is 45.3 Å². The van der Waals surface area contributed by atoms with Gasteiger partial charge in [0, 0.05) is 12.7 Å². The standard InChI is InChI=1S/C26H28O6/c1-17-13-23-16-25(18(2)14-22(23)15-24(17)30-10-9-29-4)31-11-12-32-26(28)21-7-5-20(6-8-21)19(3)27/h5-8,13-16H,9-12H2,1-4H3. The van der Waals surface area contributed by atoms with Gasteiger partial charge in [0.2, 0.25) is 0 Å². The summed E-state index contributed by atoms with van der Waals surface area (Å²) in [5.41, 5.74) is 2.97. The summed E-state index contributed by atoms with van der Waals surface area (Å²) in [5, 5.41) is 2.11. The van der Waals surface area contributed by atoms with Crippen molar-refractivity contribution in [3.05, 3.63) is 70.8 Å². The molecule has 0 aliphatic heterocycles. The van der Waals surface area contributed by atoms with Crippen molar-refractivity contribution in [2.75, 3.05) is 33.5 Å². The van der Waals surface area contributed by atoms with E-state index in [1.807, 2.05) is 26.0 Å². The number of fused-ring (bicyclic) bond motifs is 1. The summed E-state index contributed by atoms with van der Waals surface area (Å²) in [6.45, 7) is 6.86. The van der Waals surface area contributed by atoms with Crippen molar-refractivity contribution in [2.24, 2.45) is 0 Å². The second kappa shape index (κ2) is 10.8. The zero-order valence-corrected chi connectivity index (χ0v) is 18.9. The van der Waals surface area contributed by atoms with E-state index < -0.39 is 5.97 Å². The van der Waals surface area contributed by atoms with Crippen molar-refractivity contribution >= 4 is 22.5 Å². The summed E-state index contributed by atoms with van der Waals surface area (Å²) in [6.07, 6.45) is 0. The van der Waals surface area contributed by atoms with Gasteiger partial charge in [-0.3, -0.25) is 4.79 Å². The number of Topliss-reactive ketones (excluding diaryl/α,β-unsaturated/α-hetero) is 1. The fraction of sp³-hybridized carbons (Fsp3) is 0.308. The number of hydrogen-bond acceptors (Lipinski definition) is 6. The number of carbonyl (C=O) groups excluding carboxylic acids is 2. The van der Waals surface area contributed by atoms with Gasteiger partial charge in [0.25, 0.3) is 0 Å². The maximum atomic E-state index is 12.2. The van der Waals surface area contributed by atoms with Crippen LogP contribution in [0.25, 0.3) is 10.8 Å². The molecule has 0 aliphatic carbocycles. The molecule has 0 N–H and O–H groups in total. The highest BCUT2D eigenvalue weighted by atomic mass is 16.6. The van der Waals surface area contributed by atoms with Gasteiger partial charge in [0.05, 0.1) is 12.2 Å². The van der Waals surface area contributed by atoms with E-state index in [0.717, 1.165) is 33.4 Å². The van der Waals surface area contributed by atoms with E-state index >= 15 is 0 Å². The zero-order valence-electron chi connectivity index (χ0n) is 18.9. The average Bonchev–Trinajstić information content (AvgIpc) is 2.77. The molecule has 0 heterocycles. The largest absolute Gasteiger partial charge is 0.491 e. The summed E-state index contributed by atoms with van der Waals surface area (Å²) in [5.74, 6) is 1.09. The van der Waals surface area contributed by atoms with Crippen molar-refractivity contribution in [3.8, 4) is 11.5 Å². The third-order valence-electron chi connectivity index (χ3n) is 5.07. The Labute approximate surface area is 188 Å². The predicted octanol–water partition coefficient (Wildman–Crippen LogP) is 4.92. The lowest BCUT2D eigenvalue weighted by Crippen LogP contribution is -2.13. The number of esters is 1. The van der Waals surface area contributed by atoms with E-state index in [0.29, 0.717) is 24.3 Å². The van der Waals surface area contributed by atoms with Gasteiger partial charge in [-0.15, -0.1) is 0 Å². The van der Waals surface area contributed by atoms with Crippen molar-refractivity contribution in [1.82, 2.24) is 0 Å². The van der Waals surface area contributed by atoms with Gasteiger partial charge in [-0.1, -0.05) is 12.1 Å². The normalized spacial score (nSPS) is 10.8. The van der Waals surface area contributed by atoms with E-state index in [2.05, 4.69) is 12.1 Å². The van der Waals surface area contributed by atoms with Gasteiger partial charge >= 0.3 is 5.97 Å². The minimum Gasteiger partial charge on any atom is -0.491 e. The number of methoxy groups -OCH3 is 1. The third kappa shape index (κ3) is 5.86. The average molecular weight is 437 g/mol. The number of rotatable bonds is 10. The first-order valence-electron chi connectivity index (χ1n) is 10.5. The highest BCUT2D eigenvalue weighted by molar-refractivity contribution is 5.96. The molecule has 0 radical (unpaired) electrons. The Balaban J connectivity index is 1.58. The van der Waals surface area contributed by atoms with E-state index in [4.69, 9.17) is 18.9 Å². The van der Waals surface area contributed by atoms with Crippen molar-refractivity contribution < 1.29 is 28.5 Å². The fourth-order valence-electron chi connectivity index (χ4n) is 3.29. The predicted molar refractivity (Wildman–Crippen MR) is 123 cm³/mol. The summed E-state index contributed by atoms with van der Waals surface area (Å²) in [6, 6.07) is 14.5. The van der Waals surface area contributed by atoms with Gasteiger partial charge in [0.15, 0.2) is 5.78 Å². The first-order chi connectivity index (χ1) is 15.4. The molecule has 3 aromatic rings. The van der Waals surface area contributed by atoms with Crippen LogP contribution in [0.15, 0.2) is 48.5 Å². The summed E-state index contributed by atoms with van der Waals surface area (Å²) >= 11 is 0. The van der Waals surface area contributed by atoms with Crippen molar-refractivity contribution in [1.29, 1.82) is 0 Å². The molecule has 0 amide bonds. The van der Waals surface area contributed by atoms with Crippen molar-refractivity contribution in [2.45, 2.75) is 20.8 Å². The molecule has 0 bridgehead atoms. The van der Waals surface area contributed by atoms with E-state index in [-0.39, 0.29) is 19.0 Å². The molecule has 0 saturated carbocycles. The zero-order chi connectivity index (χ0) is 23.1. The van der Waals surface area contributed by atoms with Gasteiger partial charge in [-0.25, -0.2) is 4.79 Å². The Morgan fingerprint density at radius 2 is 1.22 bits per heavy atom. The Kier molecular flexibility index (Phi) is 7.84. The molecule has 0 aromatic heterocycles. The van der Waals surface area contributed by atoms with Crippen molar-refractivity contribution in [3.63, 3.8) is 0 Å². The molecule has 3 rings (SSSR count). The van der Waals surface area contributed by atoms with Crippen LogP contribution in [0.5, 0.6) is 11.5 Å². The van der Waals surface area contributed by atoms with Crippen LogP contribution in [0, 0.1) is 13.8 Å². The highest BCUT2D eigenvalue weighted by Crippen LogP contribution is 2.31. The molecular formula is C26H28O6. The monoisotopic (exact) mass is 436 g/mol. The molecule has 6 nitrogen and oxygen atoms in total. The molecule has 6 heteroatoms. The molecule has 0 unspecified atom stereocenters. The van der Waals surface area contributed by atoms with Gasteiger partial charge in [-0.05, 0) is 79.1 Å². The molecule has 0 aliphatic rings. The minimum atomic E-state index is -0.449. The molecule has 168 valence electrons. The lowest BCUT2D eigenvalue weighted by molar-refractivity contribution is 0.0450. The number of benzene rings is 3. The Hall–Kier alpha value is -3.38. The van der Waals surface area contributed by atoms with Gasteiger partial charge < -0.3 is 18.9 Å². The van der Waals surface area contributed by atoms with Crippen LogP contribution in [0.4, 0.5) is 0 Å². The summed E-state index contributed by atoms with van der Waals surface area (Å²) < 4.78 is 22.0. The molecule has 32 heavy (non-hydrogen) atoms.